The van der Waals surface area contributed by atoms with Crippen LogP contribution in [0.4, 0.5) is 0 Å². The minimum absolute atomic E-state index is 0.0965. The van der Waals surface area contributed by atoms with Crippen LogP contribution in [0.5, 0.6) is 11.5 Å². The first-order valence-corrected chi connectivity index (χ1v) is 9.19. The van der Waals surface area contributed by atoms with E-state index in [1.807, 2.05) is 32.1 Å². The van der Waals surface area contributed by atoms with Gasteiger partial charge in [0.1, 0.15) is 18.1 Å². The lowest BCUT2D eigenvalue weighted by atomic mass is 9.86. The summed E-state index contributed by atoms with van der Waals surface area (Å²) in [6.07, 6.45) is 3.80. The SMILES string of the molecule is CC(C)=CCOc1ccc2c(c1)O/C(=C/c1ccc(C(C)(C)C)cc1)C2=O. The molecule has 0 unspecified atom stereocenters. The van der Waals surface area contributed by atoms with Crippen molar-refractivity contribution < 1.29 is 14.3 Å². The zero-order valence-electron chi connectivity index (χ0n) is 16.6. The summed E-state index contributed by atoms with van der Waals surface area (Å²) in [5.74, 6) is 1.48. The molecule has 0 saturated carbocycles. The van der Waals surface area contributed by atoms with Crippen LogP contribution in [0.2, 0.25) is 0 Å². The van der Waals surface area contributed by atoms with Crippen LogP contribution in [0.15, 0.2) is 59.9 Å². The number of carbonyl (C=O) groups is 1. The van der Waals surface area contributed by atoms with E-state index in [9.17, 15) is 4.79 Å². The van der Waals surface area contributed by atoms with Gasteiger partial charge in [-0.05, 0) is 54.7 Å². The van der Waals surface area contributed by atoms with E-state index in [1.54, 1.807) is 24.3 Å². The Labute approximate surface area is 161 Å². The maximum absolute atomic E-state index is 12.6. The number of hydrogen-bond acceptors (Lipinski definition) is 3. The number of ketones is 1. The molecule has 1 aliphatic heterocycles. The third kappa shape index (κ3) is 4.48. The molecule has 0 bridgehead atoms. The summed E-state index contributed by atoms with van der Waals surface area (Å²) in [5, 5.41) is 0. The molecule has 2 aromatic carbocycles. The first-order chi connectivity index (χ1) is 12.7. The summed E-state index contributed by atoms with van der Waals surface area (Å²) < 4.78 is 11.5. The summed E-state index contributed by atoms with van der Waals surface area (Å²) in [7, 11) is 0. The molecule has 0 spiro atoms. The van der Waals surface area contributed by atoms with Gasteiger partial charge in [-0.3, -0.25) is 4.79 Å². The Hall–Kier alpha value is -2.81. The predicted octanol–water partition coefficient (Wildman–Crippen LogP) is 5.95. The maximum atomic E-state index is 12.6. The highest BCUT2D eigenvalue weighted by atomic mass is 16.5. The standard InChI is InChI=1S/C24H26O3/c1-16(2)12-13-26-19-10-11-20-21(15-19)27-22(23(20)25)14-17-6-8-18(9-7-17)24(3,4)5/h6-12,14-15H,13H2,1-5H3/b22-14+. The molecule has 2 aromatic rings. The van der Waals surface area contributed by atoms with Crippen molar-refractivity contribution in [2.75, 3.05) is 6.61 Å². The van der Waals surface area contributed by atoms with Crippen molar-refractivity contribution in [2.24, 2.45) is 0 Å². The van der Waals surface area contributed by atoms with Gasteiger partial charge < -0.3 is 9.47 Å². The highest BCUT2D eigenvalue weighted by molar-refractivity contribution is 6.14. The Morgan fingerprint density at radius 3 is 2.41 bits per heavy atom. The largest absolute Gasteiger partial charge is 0.489 e. The average molecular weight is 362 g/mol. The molecule has 0 amide bonds. The Balaban J connectivity index is 1.77. The first kappa shape index (κ1) is 19.0. The molecule has 27 heavy (non-hydrogen) atoms. The molecule has 0 aromatic heterocycles. The van der Waals surface area contributed by atoms with Crippen LogP contribution in [-0.2, 0) is 5.41 Å². The number of benzene rings is 2. The number of carbonyl (C=O) groups excluding carboxylic acids is 1. The van der Waals surface area contributed by atoms with E-state index >= 15 is 0 Å². The van der Waals surface area contributed by atoms with Crippen LogP contribution in [-0.4, -0.2) is 12.4 Å². The fourth-order valence-electron chi connectivity index (χ4n) is 2.79. The summed E-state index contributed by atoms with van der Waals surface area (Å²) in [5.41, 5.74) is 4.07. The number of allylic oxidation sites excluding steroid dienone is 2. The smallest absolute Gasteiger partial charge is 0.231 e. The lowest BCUT2D eigenvalue weighted by Crippen LogP contribution is -2.10. The van der Waals surface area contributed by atoms with E-state index in [2.05, 4.69) is 32.9 Å². The maximum Gasteiger partial charge on any atom is 0.231 e. The van der Waals surface area contributed by atoms with E-state index < -0.39 is 0 Å². The molecule has 0 fully saturated rings. The summed E-state index contributed by atoms with van der Waals surface area (Å²) in [4.78, 5) is 12.6. The fourth-order valence-corrected chi connectivity index (χ4v) is 2.79. The predicted molar refractivity (Wildman–Crippen MR) is 109 cm³/mol. The zero-order valence-corrected chi connectivity index (χ0v) is 16.6. The van der Waals surface area contributed by atoms with Crippen molar-refractivity contribution in [3.8, 4) is 11.5 Å². The number of fused-ring (bicyclic) bond motifs is 1. The quantitative estimate of drug-likeness (QED) is 0.498. The molecule has 0 radical (unpaired) electrons. The Morgan fingerprint density at radius 1 is 1.07 bits per heavy atom. The van der Waals surface area contributed by atoms with Gasteiger partial charge in [0.2, 0.25) is 5.78 Å². The molecular weight excluding hydrogens is 336 g/mol. The third-order valence-corrected chi connectivity index (χ3v) is 4.46. The molecule has 3 nitrogen and oxygen atoms in total. The van der Waals surface area contributed by atoms with Crippen LogP contribution >= 0.6 is 0 Å². The molecular formula is C24H26O3. The second-order valence-electron chi connectivity index (χ2n) is 8.06. The highest BCUT2D eigenvalue weighted by Crippen LogP contribution is 2.35. The number of ether oxygens (including phenoxy) is 2. The second kappa shape index (κ2) is 7.43. The molecule has 3 rings (SSSR count). The fraction of sp³-hybridized carbons (Fsp3) is 0.292. The molecule has 0 aliphatic carbocycles. The molecule has 0 saturated heterocycles. The van der Waals surface area contributed by atoms with E-state index in [0.29, 0.717) is 29.4 Å². The van der Waals surface area contributed by atoms with Gasteiger partial charge in [0.15, 0.2) is 5.76 Å². The Morgan fingerprint density at radius 2 is 1.78 bits per heavy atom. The second-order valence-corrected chi connectivity index (χ2v) is 8.06. The van der Waals surface area contributed by atoms with Crippen molar-refractivity contribution in [3.63, 3.8) is 0 Å². The van der Waals surface area contributed by atoms with Gasteiger partial charge in [-0.15, -0.1) is 0 Å². The van der Waals surface area contributed by atoms with Crippen molar-refractivity contribution >= 4 is 11.9 Å². The van der Waals surface area contributed by atoms with Crippen molar-refractivity contribution in [1.29, 1.82) is 0 Å². The minimum atomic E-state index is -0.0965. The third-order valence-electron chi connectivity index (χ3n) is 4.46. The number of hydrogen-bond donors (Lipinski definition) is 0. The van der Waals surface area contributed by atoms with Crippen LogP contribution in [0.3, 0.4) is 0 Å². The van der Waals surface area contributed by atoms with E-state index in [0.717, 1.165) is 5.56 Å². The average Bonchev–Trinajstić information content (AvgIpc) is 2.90. The van der Waals surface area contributed by atoms with Gasteiger partial charge in [0, 0.05) is 6.07 Å². The van der Waals surface area contributed by atoms with Gasteiger partial charge in [-0.2, -0.15) is 0 Å². The van der Waals surface area contributed by atoms with Crippen LogP contribution < -0.4 is 9.47 Å². The van der Waals surface area contributed by atoms with Gasteiger partial charge >= 0.3 is 0 Å². The molecule has 0 N–H and O–H groups in total. The van der Waals surface area contributed by atoms with E-state index in [-0.39, 0.29) is 11.2 Å². The first-order valence-electron chi connectivity index (χ1n) is 9.19. The van der Waals surface area contributed by atoms with Crippen LogP contribution in [0, 0.1) is 0 Å². The molecule has 1 aliphatic rings. The Bertz CT molecular complexity index is 906. The van der Waals surface area contributed by atoms with Crippen LogP contribution in [0.25, 0.3) is 6.08 Å². The minimum Gasteiger partial charge on any atom is -0.489 e. The van der Waals surface area contributed by atoms with Gasteiger partial charge in [-0.25, -0.2) is 0 Å². The van der Waals surface area contributed by atoms with Gasteiger partial charge in [0.25, 0.3) is 0 Å². The monoisotopic (exact) mass is 362 g/mol. The summed E-state index contributed by atoms with van der Waals surface area (Å²) in [6.45, 7) is 11.1. The number of rotatable bonds is 4. The summed E-state index contributed by atoms with van der Waals surface area (Å²) >= 11 is 0. The number of Topliss-reactive ketones (excluding diaryl/α,β-unsaturated/α-hetero) is 1. The molecule has 140 valence electrons. The van der Waals surface area contributed by atoms with E-state index in [4.69, 9.17) is 9.47 Å². The molecule has 3 heteroatoms. The van der Waals surface area contributed by atoms with Gasteiger partial charge in [-0.1, -0.05) is 50.6 Å². The van der Waals surface area contributed by atoms with E-state index in [1.165, 1.54) is 11.1 Å². The normalized spacial score (nSPS) is 14.7. The topological polar surface area (TPSA) is 35.5 Å². The zero-order chi connectivity index (χ0) is 19.6. The van der Waals surface area contributed by atoms with Crippen molar-refractivity contribution in [2.45, 2.75) is 40.0 Å². The summed E-state index contributed by atoms with van der Waals surface area (Å²) in [6, 6.07) is 13.6. The highest BCUT2D eigenvalue weighted by Gasteiger charge is 2.27. The van der Waals surface area contributed by atoms with Crippen molar-refractivity contribution in [3.05, 3.63) is 76.6 Å². The lowest BCUT2D eigenvalue weighted by Gasteiger charge is -2.18. The van der Waals surface area contributed by atoms with Crippen LogP contribution in [0.1, 0.15) is 56.1 Å². The Kier molecular flexibility index (Phi) is 5.22. The van der Waals surface area contributed by atoms with Gasteiger partial charge in [0.05, 0.1) is 5.56 Å². The molecule has 1 heterocycles. The van der Waals surface area contributed by atoms with Crippen molar-refractivity contribution in [1.82, 2.24) is 0 Å². The molecule has 0 atom stereocenters. The lowest BCUT2D eigenvalue weighted by molar-refractivity contribution is 0.101.